The maximum absolute atomic E-state index is 12.6. The zero-order valence-electron chi connectivity index (χ0n) is 14.5. The number of ether oxygens (including phenoxy) is 2. The molecule has 1 aliphatic carbocycles. The van der Waals surface area contributed by atoms with Gasteiger partial charge in [-0.3, -0.25) is 0 Å². The number of hydrogen-bond acceptors (Lipinski definition) is 4. The summed E-state index contributed by atoms with van der Waals surface area (Å²) in [7, 11) is -3.38. The lowest BCUT2D eigenvalue weighted by atomic mass is 9.79. The van der Waals surface area contributed by atoms with E-state index in [1.54, 1.807) is 4.31 Å². The lowest BCUT2D eigenvalue weighted by molar-refractivity contribution is 0.171. The van der Waals surface area contributed by atoms with Crippen LogP contribution in [0.3, 0.4) is 0 Å². The van der Waals surface area contributed by atoms with Gasteiger partial charge >= 0.3 is 0 Å². The van der Waals surface area contributed by atoms with E-state index >= 15 is 0 Å². The van der Waals surface area contributed by atoms with Crippen LogP contribution >= 0.6 is 0 Å². The maximum atomic E-state index is 12.6. The molecule has 1 saturated carbocycles. The lowest BCUT2D eigenvalue weighted by Gasteiger charge is -2.32. The molecule has 0 radical (unpaired) electrons. The van der Waals surface area contributed by atoms with Crippen molar-refractivity contribution in [1.29, 1.82) is 0 Å². The second kappa shape index (κ2) is 6.78. The standard InChI is InChI=1S/C18H26N2O4S/c21-25(22,20-9-3-4-10-20)19-14-18(7-1-2-8-18)15-5-6-16-17(13-15)24-12-11-23-16/h5-6,13,19H,1-4,7-12,14H2. The Labute approximate surface area is 149 Å². The highest BCUT2D eigenvalue weighted by Crippen LogP contribution is 2.44. The molecule has 0 spiro atoms. The van der Waals surface area contributed by atoms with Gasteiger partial charge in [-0.1, -0.05) is 18.9 Å². The molecule has 2 aliphatic heterocycles. The van der Waals surface area contributed by atoms with Gasteiger partial charge in [-0.05, 0) is 43.4 Å². The largest absolute Gasteiger partial charge is 0.486 e. The predicted molar refractivity (Wildman–Crippen MR) is 95.3 cm³/mol. The quantitative estimate of drug-likeness (QED) is 0.867. The fourth-order valence-corrected chi connectivity index (χ4v) is 5.62. The molecule has 25 heavy (non-hydrogen) atoms. The van der Waals surface area contributed by atoms with Gasteiger partial charge in [0, 0.05) is 25.0 Å². The Kier molecular flexibility index (Phi) is 4.64. The van der Waals surface area contributed by atoms with E-state index in [1.807, 2.05) is 12.1 Å². The number of nitrogens with one attached hydrogen (secondary N) is 1. The Morgan fingerprint density at radius 1 is 1.00 bits per heavy atom. The van der Waals surface area contributed by atoms with Gasteiger partial charge in [0.25, 0.3) is 10.2 Å². The van der Waals surface area contributed by atoms with Gasteiger partial charge in [-0.15, -0.1) is 0 Å². The van der Waals surface area contributed by atoms with E-state index in [2.05, 4.69) is 10.8 Å². The third-order valence-electron chi connectivity index (χ3n) is 5.71. The highest BCUT2D eigenvalue weighted by molar-refractivity contribution is 7.87. The van der Waals surface area contributed by atoms with Crippen molar-refractivity contribution in [2.45, 2.75) is 43.9 Å². The molecule has 2 heterocycles. The summed E-state index contributed by atoms with van der Waals surface area (Å²) in [6.07, 6.45) is 6.15. The van der Waals surface area contributed by atoms with Gasteiger partial charge in [0.05, 0.1) is 0 Å². The van der Waals surface area contributed by atoms with Crippen LogP contribution in [0.15, 0.2) is 18.2 Å². The molecule has 0 bridgehead atoms. The Balaban J connectivity index is 1.55. The van der Waals surface area contributed by atoms with Crippen molar-refractivity contribution < 1.29 is 17.9 Å². The first-order valence-corrected chi connectivity index (χ1v) is 10.7. The summed E-state index contributed by atoms with van der Waals surface area (Å²) in [4.78, 5) is 0. The number of nitrogens with zero attached hydrogens (tertiary/aromatic N) is 1. The van der Waals surface area contributed by atoms with Crippen LogP contribution in [0.2, 0.25) is 0 Å². The fraction of sp³-hybridized carbons (Fsp3) is 0.667. The Morgan fingerprint density at radius 2 is 1.68 bits per heavy atom. The second-order valence-electron chi connectivity index (χ2n) is 7.28. The molecule has 3 aliphatic rings. The number of rotatable bonds is 5. The van der Waals surface area contributed by atoms with E-state index in [0.717, 1.165) is 55.6 Å². The molecule has 1 saturated heterocycles. The zero-order valence-corrected chi connectivity index (χ0v) is 15.3. The third kappa shape index (κ3) is 3.37. The van der Waals surface area contributed by atoms with Crippen molar-refractivity contribution in [1.82, 2.24) is 9.03 Å². The van der Waals surface area contributed by atoms with Crippen molar-refractivity contribution in [2.75, 3.05) is 32.8 Å². The van der Waals surface area contributed by atoms with Crippen LogP contribution in [-0.4, -0.2) is 45.6 Å². The average molecular weight is 366 g/mol. The number of hydrogen-bond donors (Lipinski definition) is 1. The molecule has 0 aromatic heterocycles. The monoisotopic (exact) mass is 366 g/mol. The molecule has 0 unspecified atom stereocenters. The summed E-state index contributed by atoms with van der Waals surface area (Å²) in [5, 5.41) is 0. The van der Waals surface area contributed by atoms with Crippen molar-refractivity contribution in [3.63, 3.8) is 0 Å². The highest BCUT2D eigenvalue weighted by atomic mass is 32.2. The molecule has 138 valence electrons. The molecule has 6 nitrogen and oxygen atoms in total. The van der Waals surface area contributed by atoms with E-state index in [1.165, 1.54) is 0 Å². The summed E-state index contributed by atoms with van der Waals surface area (Å²) in [6, 6.07) is 6.08. The summed E-state index contributed by atoms with van der Waals surface area (Å²) < 4.78 is 40.9. The van der Waals surface area contributed by atoms with Crippen LogP contribution in [0.5, 0.6) is 11.5 Å². The van der Waals surface area contributed by atoms with Gasteiger partial charge in [-0.2, -0.15) is 12.7 Å². The first-order chi connectivity index (χ1) is 12.1. The number of fused-ring (bicyclic) bond motifs is 1. The van der Waals surface area contributed by atoms with E-state index in [4.69, 9.17) is 9.47 Å². The third-order valence-corrected chi connectivity index (χ3v) is 7.27. The van der Waals surface area contributed by atoms with E-state index in [0.29, 0.717) is 32.8 Å². The minimum absolute atomic E-state index is 0.150. The molecule has 1 aromatic rings. The van der Waals surface area contributed by atoms with Crippen molar-refractivity contribution >= 4 is 10.2 Å². The van der Waals surface area contributed by atoms with Crippen LogP contribution in [0.25, 0.3) is 0 Å². The molecule has 1 aromatic carbocycles. The summed E-state index contributed by atoms with van der Waals surface area (Å²) in [6.45, 7) is 2.85. The van der Waals surface area contributed by atoms with Gasteiger partial charge in [0.1, 0.15) is 13.2 Å². The van der Waals surface area contributed by atoms with Crippen LogP contribution < -0.4 is 14.2 Å². The predicted octanol–water partition coefficient (Wildman–Crippen LogP) is 2.20. The molecule has 0 amide bonds. The highest BCUT2D eigenvalue weighted by Gasteiger charge is 2.38. The van der Waals surface area contributed by atoms with E-state index in [9.17, 15) is 8.42 Å². The van der Waals surface area contributed by atoms with E-state index in [-0.39, 0.29) is 5.41 Å². The molecular formula is C18H26N2O4S. The lowest BCUT2D eigenvalue weighted by Crippen LogP contribution is -2.45. The second-order valence-corrected chi connectivity index (χ2v) is 9.03. The first-order valence-electron chi connectivity index (χ1n) is 9.24. The zero-order chi connectivity index (χ0) is 17.3. The average Bonchev–Trinajstić information content (AvgIpc) is 3.32. The van der Waals surface area contributed by atoms with Crippen LogP contribution in [0.4, 0.5) is 0 Å². The number of benzene rings is 1. The topological polar surface area (TPSA) is 67.9 Å². The van der Waals surface area contributed by atoms with Crippen molar-refractivity contribution in [2.24, 2.45) is 0 Å². The summed E-state index contributed by atoms with van der Waals surface area (Å²) in [5.41, 5.74) is 1.00. The Bertz CT molecular complexity index is 723. The van der Waals surface area contributed by atoms with Crippen LogP contribution in [0, 0.1) is 0 Å². The van der Waals surface area contributed by atoms with Gasteiger partial charge < -0.3 is 9.47 Å². The molecule has 7 heteroatoms. The van der Waals surface area contributed by atoms with Gasteiger partial charge in [0.15, 0.2) is 11.5 Å². The van der Waals surface area contributed by atoms with Crippen molar-refractivity contribution in [3.05, 3.63) is 23.8 Å². The van der Waals surface area contributed by atoms with Gasteiger partial charge in [-0.25, -0.2) is 4.72 Å². The molecule has 2 fully saturated rings. The maximum Gasteiger partial charge on any atom is 0.279 e. The Hall–Kier alpha value is -1.31. The molecular weight excluding hydrogens is 340 g/mol. The smallest absolute Gasteiger partial charge is 0.279 e. The SMILES string of the molecule is O=S(=O)(NCC1(c2ccc3c(c2)OCCO3)CCCC1)N1CCCC1. The minimum Gasteiger partial charge on any atom is -0.486 e. The Morgan fingerprint density at radius 3 is 2.40 bits per heavy atom. The minimum atomic E-state index is -3.38. The summed E-state index contributed by atoms with van der Waals surface area (Å²) in [5.74, 6) is 1.55. The normalized spacial score (nSPS) is 23.0. The molecule has 1 N–H and O–H groups in total. The van der Waals surface area contributed by atoms with Gasteiger partial charge in [0.2, 0.25) is 0 Å². The van der Waals surface area contributed by atoms with Crippen molar-refractivity contribution in [3.8, 4) is 11.5 Å². The van der Waals surface area contributed by atoms with Crippen LogP contribution in [-0.2, 0) is 15.6 Å². The van der Waals surface area contributed by atoms with Crippen LogP contribution in [0.1, 0.15) is 44.1 Å². The van der Waals surface area contributed by atoms with E-state index < -0.39 is 10.2 Å². The fourth-order valence-electron chi connectivity index (χ4n) is 4.24. The first kappa shape index (κ1) is 17.1. The molecule has 4 rings (SSSR count). The molecule has 0 atom stereocenters. The summed E-state index contributed by atoms with van der Waals surface area (Å²) >= 11 is 0.